The highest BCUT2D eigenvalue weighted by molar-refractivity contribution is 6.41. The summed E-state index contributed by atoms with van der Waals surface area (Å²) in [6.07, 6.45) is 2.71. The number of nitrogens with one attached hydrogen (secondary N) is 1. The lowest BCUT2D eigenvalue weighted by Crippen LogP contribution is -2.50. The van der Waals surface area contributed by atoms with Crippen molar-refractivity contribution in [3.05, 3.63) is 40.5 Å². The molecule has 7 nitrogen and oxygen atoms in total. The van der Waals surface area contributed by atoms with Crippen LogP contribution in [0.25, 0.3) is 22.0 Å². The van der Waals surface area contributed by atoms with Crippen molar-refractivity contribution in [1.82, 2.24) is 9.97 Å². The van der Waals surface area contributed by atoms with Crippen molar-refractivity contribution in [2.75, 3.05) is 26.1 Å². The zero-order valence-corrected chi connectivity index (χ0v) is 19.0. The van der Waals surface area contributed by atoms with Crippen LogP contribution >= 0.6 is 23.2 Å². The summed E-state index contributed by atoms with van der Waals surface area (Å²) in [5.74, 6) is 1.47. The van der Waals surface area contributed by atoms with Gasteiger partial charge < -0.3 is 25.3 Å². The lowest BCUT2D eigenvalue weighted by atomic mass is 10.0. The smallest absolute Gasteiger partial charge is 0.223 e. The molecule has 3 unspecified atom stereocenters. The molecule has 3 N–H and O–H groups in total. The van der Waals surface area contributed by atoms with Crippen molar-refractivity contribution in [2.45, 2.75) is 31.5 Å². The molecule has 1 saturated heterocycles. The molecule has 9 heteroatoms. The van der Waals surface area contributed by atoms with Gasteiger partial charge in [-0.25, -0.2) is 9.97 Å². The summed E-state index contributed by atoms with van der Waals surface area (Å²) < 4.78 is 16.4. The quantitative estimate of drug-likeness (QED) is 0.574. The Kier molecular flexibility index (Phi) is 6.39. The van der Waals surface area contributed by atoms with Crippen LogP contribution in [0.5, 0.6) is 11.5 Å². The van der Waals surface area contributed by atoms with Crippen LogP contribution in [0.15, 0.2) is 30.5 Å². The van der Waals surface area contributed by atoms with Gasteiger partial charge in [-0.15, -0.1) is 0 Å². The van der Waals surface area contributed by atoms with E-state index < -0.39 is 0 Å². The number of nitrogens with zero attached hydrogens (tertiary/aromatic N) is 2. The minimum atomic E-state index is -0.0326. The highest BCUT2D eigenvalue weighted by Gasteiger charge is 2.27. The topological polar surface area (TPSA) is 91.5 Å². The molecule has 164 valence electrons. The number of rotatable bonds is 5. The van der Waals surface area contributed by atoms with Gasteiger partial charge in [-0.2, -0.15) is 0 Å². The standard InChI is InChI=1S/C22H24Cl2N4O3/c1-11-6-14(25)16(10-31-11)28-22-26-9-13-7-12(4-5-15(13)27-22)19-20(23)17(29-2)8-18(30-3)21(19)24/h4-5,7-9,11,14,16H,6,10,25H2,1-3H3,(H,26,27,28). The van der Waals surface area contributed by atoms with Crippen molar-refractivity contribution >= 4 is 40.1 Å². The van der Waals surface area contributed by atoms with Gasteiger partial charge in [-0.05, 0) is 31.0 Å². The number of hydrogen-bond donors (Lipinski definition) is 2. The minimum Gasteiger partial charge on any atom is -0.495 e. The van der Waals surface area contributed by atoms with Crippen molar-refractivity contribution < 1.29 is 14.2 Å². The maximum absolute atomic E-state index is 6.56. The summed E-state index contributed by atoms with van der Waals surface area (Å²) in [7, 11) is 3.09. The first-order chi connectivity index (χ1) is 14.9. The van der Waals surface area contributed by atoms with Crippen molar-refractivity contribution in [2.24, 2.45) is 5.73 Å². The van der Waals surface area contributed by atoms with Crippen molar-refractivity contribution in [3.8, 4) is 22.6 Å². The second-order valence-corrected chi connectivity index (χ2v) is 8.30. The van der Waals surface area contributed by atoms with Gasteiger partial charge in [0.25, 0.3) is 0 Å². The van der Waals surface area contributed by atoms with Gasteiger partial charge >= 0.3 is 0 Å². The van der Waals surface area contributed by atoms with Gasteiger partial charge in [0.15, 0.2) is 0 Å². The fourth-order valence-corrected chi connectivity index (χ4v) is 4.44. The number of hydrogen-bond acceptors (Lipinski definition) is 7. The molecule has 0 bridgehead atoms. The molecule has 1 aromatic heterocycles. The van der Waals surface area contributed by atoms with Crippen LogP contribution in [0.4, 0.5) is 5.95 Å². The van der Waals surface area contributed by atoms with Crippen LogP contribution in [0.3, 0.4) is 0 Å². The number of methoxy groups -OCH3 is 2. The number of halogens is 2. The molecule has 0 radical (unpaired) electrons. The van der Waals surface area contributed by atoms with Crippen LogP contribution in [0.2, 0.25) is 10.0 Å². The van der Waals surface area contributed by atoms with E-state index in [1.807, 2.05) is 25.1 Å². The SMILES string of the molecule is COc1cc(OC)c(Cl)c(-c2ccc3nc(NC4COC(C)CC4N)ncc3c2)c1Cl. The van der Waals surface area contributed by atoms with E-state index in [0.29, 0.717) is 39.7 Å². The summed E-state index contributed by atoms with van der Waals surface area (Å²) in [6, 6.07) is 7.35. The Balaban J connectivity index is 1.67. The Morgan fingerprint density at radius 2 is 1.84 bits per heavy atom. The Morgan fingerprint density at radius 3 is 2.48 bits per heavy atom. The number of aromatic nitrogens is 2. The summed E-state index contributed by atoms with van der Waals surface area (Å²) in [5.41, 5.74) is 8.46. The van der Waals surface area contributed by atoms with Crippen LogP contribution in [0, 0.1) is 0 Å². The van der Waals surface area contributed by atoms with Gasteiger partial charge in [0.1, 0.15) is 11.5 Å². The van der Waals surface area contributed by atoms with E-state index in [4.69, 9.17) is 43.1 Å². The molecule has 1 aliphatic rings. The molecule has 0 aliphatic carbocycles. The van der Waals surface area contributed by atoms with Crippen LogP contribution in [-0.4, -0.2) is 49.0 Å². The largest absolute Gasteiger partial charge is 0.495 e. The van der Waals surface area contributed by atoms with Gasteiger partial charge in [0, 0.05) is 29.3 Å². The lowest BCUT2D eigenvalue weighted by Gasteiger charge is -2.33. The number of anilines is 1. The summed E-state index contributed by atoms with van der Waals surface area (Å²) in [6.45, 7) is 2.55. The molecule has 0 spiro atoms. The van der Waals surface area contributed by atoms with E-state index in [1.54, 1.807) is 26.5 Å². The number of ether oxygens (including phenoxy) is 3. The highest BCUT2D eigenvalue weighted by Crippen LogP contribution is 2.46. The number of fused-ring (bicyclic) bond motifs is 1. The second-order valence-electron chi connectivity index (χ2n) is 7.55. The zero-order chi connectivity index (χ0) is 22.1. The Bertz CT molecular complexity index is 1080. The van der Waals surface area contributed by atoms with E-state index in [2.05, 4.69) is 15.3 Å². The lowest BCUT2D eigenvalue weighted by molar-refractivity contribution is 0.0124. The average molecular weight is 463 g/mol. The third-order valence-corrected chi connectivity index (χ3v) is 6.19. The van der Waals surface area contributed by atoms with Gasteiger partial charge in [-0.3, -0.25) is 0 Å². The normalized spacial score (nSPS) is 21.2. The maximum Gasteiger partial charge on any atom is 0.223 e. The monoisotopic (exact) mass is 462 g/mol. The molecule has 2 aromatic carbocycles. The molecule has 1 aliphatic heterocycles. The summed E-state index contributed by atoms with van der Waals surface area (Å²) >= 11 is 13.1. The van der Waals surface area contributed by atoms with Crippen molar-refractivity contribution in [1.29, 1.82) is 0 Å². The first-order valence-electron chi connectivity index (χ1n) is 9.92. The number of benzene rings is 2. The van der Waals surface area contributed by atoms with E-state index in [1.165, 1.54) is 0 Å². The Morgan fingerprint density at radius 1 is 1.13 bits per heavy atom. The van der Waals surface area contributed by atoms with Crippen molar-refractivity contribution in [3.63, 3.8) is 0 Å². The van der Waals surface area contributed by atoms with Gasteiger partial charge in [0.05, 0.1) is 48.5 Å². The summed E-state index contributed by atoms with van der Waals surface area (Å²) in [4.78, 5) is 9.07. The third-order valence-electron chi connectivity index (χ3n) is 5.44. The Labute approximate surface area is 190 Å². The van der Waals surface area contributed by atoms with Gasteiger partial charge in [-0.1, -0.05) is 29.3 Å². The van der Waals surface area contributed by atoms with E-state index in [0.717, 1.165) is 22.9 Å². The first kappa shape index (κ1) is 21.9. The predicted octanol–water partition coefficient (Wildman–Crippen LogP) is 4.54. The van der Waals surface area contributed by atoms with Gasteiger partial charge in [0.2, 0.25) is 5.95 Å². The first-order valence-corrected chi connectivity index (χ1v) is 10.7. The second kappa shape index (κ2) is 9.04. The Hall–Kier alpha value is -2.32. The molecular weight excluding hydrogens is 439 g/mol. The van der Waals surface area contributed by atoms with E-state index in [-0.39, 0.29) is 18.2 Å². The maximum atomic E-state index is 6.56. The van der Waals surface area contributed by atoms with Crippen LogP contribution in [0.1, 0.15) is 13.3 Å². The van der Waals surface area contributed by atoms with E-state index >= 15 is 0 Å². The molecule has 0 amide bonds. The fourth-order valence-electron chi connectivity index (χ4n) is 3.72. The molecule has 31 heavy (non-hydrogen) atoms. The molecule has 3 aromatic rings. The molecule has 2 heterocycles. The highest BCUT2D eigenvalue weighted by atomic mass is 35.5. The summed E-state index contributed by atoms with van der Waals surface area (Å²) in [5, 5.41) is 4.95. The molecule has 0 saturated carbocycles. The van der Waals surface area contributed by atoms with Crippen LogP contribution in [-0.2, 0) is 4.74 Å². The fraction of sp³-hybridized carbons (Fsp3) is 0.364. The minimum absolute atomic E-state index is 0.0160. The zero-order valence-electron chi connectivity index (χ0n) is 17.5. The average Bonchev–Trinajstić information content (AvgIpc) is 2.76. The molecule has 3 atom stereocenters. The molecule has 1 fully saturated rings. The molecular formula is C22H24Cl2N4O3. The van der Waals surface area contributed by atoms with E-state index in [9.17, 15) is 0 Å². The number of nitrogens with two attached hydrogens (primary N) is 1. The molecule has 4 rings (SSSR count). The third kappa shape index (κ3) is 4.36. The van der Waals surface area contributed by atoms with Crippen LogP contribution < -0.4 is 20.5 Å². The predicted molar refractivity (Wildman–Crippen MR) is 124 cm³/mol.